The number of carbonyl (C=O) groups is 2. The average Bonchev–Trinajstić information content (AvgIpc) is 2.93. The van der Waals surface area contributed by atoms with Gasteiger partial charge in [-0.25, -0.2) is 9.59 Å². The summed E-state index contributed by atoms with van der Waals surface area (Å²) < 4.78 is 20.6. The van der Waals surface area contributed by atoms with E-state index < -0.39 is 17.2 Å². The minimum atomic E-state index is -0.793. The predicted octanol–water partition coefficient (Wildman–Crippen LogP) is 7.58. The second-order valence-corrected chi connectivity index (χ2v) is 9.70. The van der Waals surface area contributed by atoms with Crippen LogP contribution in [-0.2, 0) is 16.1 Å². The number of carbonyl (C=O) groups excluding carboxylic acids is 2. The second-order valence-electron chi connectivity index (χ2n) is 9.70. The SMILES string of the molecule is O=C(Oc1ccc(CO)cc1)OC1/C=C/CCCCC1.O=C(Oc1ccc([N+](=O)[O-])cc1)OC1/C=C/CCCCC1. The van der Waals surface area contributed by atoms with Crippen LogP contribution in [0.3, 0.4) is 0 Å². The van der Waals surface area contributed by atoms with Crippen LogP contribution in [0.4, 0.5) is 15.3 Å². The van der Waals surface area contributed by atoms with Gasteiger partial charge in [-0.1, -0.05) is 37.1 Å². The van der Waals surface area contributed by atoms with Crippen LogP contribution in [0, 0.1) is 10.1 Å². The number of non-ortho nitro benzene ring substituents is 1. The van der Waals surface area contributed by atoms with Gasteiger partial charge >= 0.3 is 12.3 Å². The lowest BCUT2D eigenvalue weighted by Gasteiger charge is -2.15. The summed E-state index contributed by atoms with van der Waals surface area (Å²) >= 11 is 0. The van der Waals surface area contributed by atoms with Gasteiger partial charge in [-0.3, -0.25) is 10.1 Å². The first-order valence-corrected chi connectivity index (χ1v) is 14.0. The zero-order chi connectivity index (χ0) is 29.3. The molecular formula is C31H37NO9. The second kappa shape index (κ2) is 17.5. The Morgan fingerprint density at radius 3 is 1.63 bits per heavy atom. The van der Waals surface area contributed by atoms with Crippen molar-refractivity contribution in [2.45, 2.75) is 83.0 Å². The number of ether oxygens (including phenoxy) is 4. The van der Waals surface area contributed by atoms with Crippen molar-refractivity contribution in [3.8, 4) is 11.5 Å². The Bertz CT molecular complexity index is 1160. The molecule has 1 N–H and O–H groups in total. The summed E-state index contributed by atoms with van der Waals surface area (Å²) in [6, 6.07) is 12.0. The van der Waals surface area contributed by atoms with Crippen LogP contribution in [0.5, 0.6) is 11.5 Å². The van der Waals surface area contributed by atoms with Crippen molar-refractivity contribution in [1.82, 2.24) is 0 Å². The molecule has 10 nitrogen and oxygen atoms in total. The minimum Gasteiger partial charge on any atom is -0.426 e. The van der Waals surface area contributed by atoms with E-state index in [1.54, 1.807) is 24.3 Å². The fourth-order valence-electron chi connectivity index (χ4n) is 4.24. The molecule has 0 saturated carbocycles. The smallest absolute Gasteiger partial charge is 0.426 e. The molecule has 2 aromatic carbocycles. The number of aliphatic hydroxyl groups excluding tert-OH is 1. The van der Waals surface area contributed by atoms with Crippen LogP contribution in [0.25, 0.3) is 0 Å². The van der Waals surface area contributed by atoms with E-state index >= 15 is 0 Å². The molecule has 0 radical (unpaired) electrons. The summed E-state index contributed by atoms with van der Waals surface area (Å²) in [6.45, 7) is -0.0302. The Kier molecular flexibility index (Phi) is 13.4. The van der Waals surface area contributed by atoms with E-state index in [-0.39, 0.29) is 30.3 Å². The maximum Gasteiger partial charge on any atom is 0.514 e. The molecule has 0 saturated heterocycles. The maximum absolute atomic E-state index is 11.7. The van der Waals surface area contributed by atoms with Crippen LogP contribution in [0.15, 0.2) is 72.8 Å². The lowest BCUT2D eigenvalue weighted by atomic mass is 10.0. The fraction of sp³-hybridized carbons (Fsp3) is 0.419. The van der Waals surface area contributed by atoms with Crippen LogP contribution in [-0.4, -0.2) is 34.5 Å². The van der Waals surface area contributed by atoms with Gasteiger partial charge in [0.2, 0.25) is 0 Å². The Labute approximate surface area is 239 Å². The number of nitro benzene ring substituents is 1. The normalized spacial score (nSPS) is 20.2. The van der Waals surface area contributed by atoms with Crippen LogP contribution in [0.1, 0.15) is 69.8 Å². The van der Waals surface area contributed by atoms with Crippen LogP contribution < -0.4 is 9.47 Å². The highest BCUT2D eigenvalue weighted by Crippen LogP contribution is 2.20. The highest BCUT2D eigenvalue weighted by atomic mass is 16.7. The van der Waals surface area contributed by atoms with Crippen LogP contribution >= 0.6 is 0 Å². The molecule has 2 unspecified atom stereocenters. The largest absolute Gasteiger partial charge is 0.514 e. The average molecular weight is 568 g/mol. The van der Waals surface area contributed by atoms with Gasteiger partial charge in [-0.15, -0.1) is 0 Å². The third-order valence-electron chi connectivity index (χ3n) is 6.47. The number of nitro groups is 1. The van der Waals surface area contributed by atoms with Gasteiger partial charge in [0.25, 0.3) is 5.69 Å². The first kappa shape index (κ1) is 31.3. The number of nitrogens with zero attached hydrogens (tertiary/aromatic N) is 1. The maximum atomic E-state index is 11.7. The summed E-state index contributed by atoms with van der Waals surface area (Å²) in [6.07, 6.45) is 16.4. The molecule has 10 heteroatoms. The van der Waals surface area contributed by atoms with Gasteiger partial charge in [-0.2, -0.15) is 0 Å². The number of allylic oxidation sites excluding steroid dienone is 2. The molecule has 220 valence electrons. The fourth-order valence-corrected chi connectivity index (χ4v) is 4.24. The molecule has 0 heterocycles. The molecule has 41 heavy (non-hydrogen) atoms. The Balaban J connectivity index is 0.000000226. The van der Waals surface area contributed by atoms with Crippen molar-refractivity contribution in [3.05, 3.63) is 88.5 Å². The molecule has 2 aliphatic rings. The summed E-state index contributed by atoms with van der Waals surface area (Å²) in [5.74, 6) is 0.641. The molecule has 2 aromatic rings. The first-order chi connectivity index (χ1) is 19.9. The summed E-state index contributed by atoms with van der Waals surface area (Å²) in [7, 11) is 0. The number of hydrogen-bond donors (Lipinski definition) is 1. The summed E-state index contributed by atoms with van der Waals surface area (Å²) in [5, 5.41) is 19.5. The number of rotatable bonds is 6. The molecule has 0 amide bonds. The van der Waals surface area contributed by atoms with E-state index in [9.17, 15) is 19.7 Å². The van der Waals surface area contributed by atoms with Gasteiger partial charge in [0.15, 0.2) is 0 Å². The molecule has 0 aliphatic heterocycles. The number of aliphatic hydroxyl groups is 1. The van der Waals surface area contributed by atoms with E-state index in [4.69, 9.17) is 24.1 Å². The Hall–Kier alpha value is -4.18. The first-order valence-electron chi connectivity index (χ1n) is 14.0. The molecular weight excluding hydrogens is 530 g/mol. The number of hydrogen-bond acceptors (Lipinski definition) is 9. The highest BCUT2D eigenvalue weighted by Gasteiger charge is 2.16. The van der Waals surface area contributed by atoms with Crippen molar-refractivity contribution >= 4 is 18.0 Å². The van der Waals surface area contributed by atoms with E-state index in [0.717, 1.165) is 56.9 Å². The predicted molar refractivity (Wildman–Crippen MR) is 152 cm³/mol. The number of benzene rings is 2. The van der Waals surface area contributed by atoms with E-state index in [0.29, 0.717) is 5.75 Å². The molecule has 0 fully saturated rings. The van der Waals surface area contributed by atoms with Crippen molar-refractivity contribution in [2.24, 2.45) is 0 Å². The van der Waals surface area contributed by atoms with Gasteiger partial charge in [0, 0.05) is 12.1 Å². The standard InChI is InChI=1S/C16H20O4.C15H17NO5/c17-12-13-8-10-15(11-9-13)20-16(18)19-14-6-4-2-1-3-5-7-14;17-15(20-13-6-4-2-1-3-5-7-13)21-14-10-8-12(9-11-14)16(18)19/h4,6,8-11,14,17H,1-3,5,7,12H2;4,6,8-11,13H,1-3,5,7H2/b2*6-4+. The van der Waals surface area contributed by atoms with E-state index in [1.165, 1.54) is 37.1 Å². The monoisotopic (exact) mass is 567 g/mol. The van der Waals surface area contributed by atoms with E-state index in [2.05, 4.69) is 6.08 Å². The molecule has 2 aliphatic carbocycles. The zero-order valence-corrected chi connectivity index (χ0v) is 23.0. The third kappa shape index (κ3) is 12.3. The lowest BCUT2D eigenvalue weighted by Crippen LogP contribution is -2.19. The van der Waals surface area contributed by atoms with Gasteiger partial charge in [0.05, 0.1) is 11.5 Å². The lowest BCUT2D eigenvalue weighted by molar-refractivity contribution is -0.384. The molecule has 0 bridgehead atoms. The molecule has 0 aromatic heterocycles. The van der Waals surface area contributed by atoms with Crippen LogP contribution in [0.2, 0.25) is 0 Å². The quantitative estimate of drug-likeness (QED) is 0.123. The third-order valence-corrected chi connectivity index (χ3v) is 6.47. The van der Waals surface area contributed by atoms with Gasteiger partial charge in [-0.05, 0) is 93.3 Å². The minimum absolute atomic E-state index is 0.0302. The summed E-state index contributed by atoms with van der Waals surface area (Å²) in [4.78, 5) is 33.4. The van der Waals surface area contributed by atoms with Gasteiger partial charge < -0.3 is 24.1 Å². The van der Waals surface area contributed by atoms with Crippen molar-refractivity contribution < 1.29 is 38.6 Å². The zero-order valence-electron chi connectivity index (χ0n) is 23.0. The van der Waals surface area contributed by atoms with Crippen molar-refractivity contribution in [2.75, 3.05) is 0 Å². The van der Waals surface area contributed by atoms with E-state index in [1.807, 2.05) is 18.2 Å². The Morgan fingerprint density at radius 1 is 0.732 bits per heavy atom. The summed E-state index contributed by atoms with van der Waals surface area (Å²) in [5.41, 5.74) is 0.715. The molecule has 2 atom stereocenters. The topological polar surface area (TPSA) is 134 Å². The highest BCUT2D eigenvalue weighted by molar-refractivity contribution is 5.64. The molecule has 4 rings (SSSR count). The molecule has 0 spiro atoms. The Morgan fingerprint density at radius 2 is 1.20 bits per heavy atom. The van der Waals surface area contributed by atoms with Crippen molar-refractivity contribution in [3.63, 3.8) is 0 Å². The van der Waals surface area contributed by atoms with Gasteiger partial charge in [0.1, 0.15) is 23.7 Å². The van der Waals surface area contributed by atoms with Crippen molar-refractivity contribution in [1.29, 1.82) is 0 Å².